The molecule has 3 aromatic carbocycles. The largest absolute Gasteiger partial charge is 0.442 e. The first kappa shape index (κ1) is 30.3. The minimum absolute atomic E-state index is 0.426. The van der Waals surface area contributed by atoms with Gasteiger partial charge in [-0.25, -0.2) is 10.8 Å². The molecular weight excluding hydrogens is 558 g/mol. The number of rotatable bonds is 6. The number of nitrogens with two attached hydrogens (primary N) is 1. The van der Waals surface area contributed by atoms with E-state index in [0.29, 0.717) is 30.0 Å². The molecule has 3 aliphatic heterocycles. The van der Waals surface area contributed by atoms with E-state index in [4.69, 9.17) is 20.8 Å². The number of ether oxygens (including phenoxy) is 1. The predicted octanol–water partition coefficient (Wildman–Crippen LogP) is 6.39. The van der Waals surface area contributed by atoms with Gasteiger partial charge in [-0.3, -0.25) is 0 Å². The summed E-state index contributed by atoms with van der Waals surface area (Å²) in [6.45, 7) is 2.29. The topological polar surface area (TPSA) is 112 Å². The van der Waals surface area contributed by atoms with Crippen molar-refractivity contribution in [3.63, 3.8) is 0 Å². The van der Waals surface area contributed by atoms with Crippen molar-refractivity contribution in [1.29, 1.82) is 5.26 Å². The zero-order valence-corrected chi connectivity index (χ0v) is 25.9. The summed E-state index contributed by atoms with van der Waals surface area (Å²) < 4.78 is 5.78. The fourth-order valence-electron chi connectivity index (χ4n) is 6.77. The van der Waals surface area contributed by atoms with E-state index in [2.05, 4.69) is 69.2 Å². The van der Waals surface area contributed by atoms with Gasteiger partial charge in [0, 0.05) is 30.6 Å². The van der Waals surface area contributed by atoms with E-state index in [1.165, 1.54) is 52.9 Å². The molecule has 4 N–H and O–H groups in total. The molecule has 8 nitrogen and oxygen atoms in total. The average molecular weight is 600 g/mol. The minimum Gasteiger partial charge on any atom is -0.442 e. The number of nitrogens with zero attached hydrogens (tertiary/aromatic N) is 4. The number of aryl methyl sites for hydroxylation is 2. The van der Waals surface area contributed by atoms with Gasteiger partial charge in [0.05, 0.1) is 17.8 Å². The molecule has 4 heterocycles. The number of para-hydroxylation sites is 1. The van der Waals surface area contributed by atoms with Crippen LogP contribution in [0.25, 0.3) is 11.1 Å². The number of hydrogen-bond donors (Lipinski definition) is 3. The molecule has 1 fully saturated rings. The number of pyridine rings is 1. The van der Waals surface area contributed by atoms with Crippen molar-refractivity contribution in [2.45, 2.75) is 56.9 Å². The third kappa shape index (κ3) is 7.17. The Kier molecular flexibility index (Phi) is 9.69. The second-order valence-corrected chi connectivity index (χ2v) is 11.9. The number of fused-ring (bicyclic) bond motifs is 3. The second kappa shape index (κ2) is 14.4. The Balaban J connectivity index is 0.000000162. The van der Waals surface area contributed by atoms with Crippen LogP contribution in [0.15, 0.2) is 89.9 Å². The van der Waals surface area contributed by atoms with Crippen molar-refractivity contribution < 1.29 is 4.74 Å². The van der Waals surface area contributed by atoms with Crippen molar-refractivity contribution in [2.75, 3.05) is 30.5 Å². The maximum atomic E-state index is 8.95. The molecule has 8 heteroatoms. The van der Waals surface area contributed by atoms with E-state index in [1.807, 2.05) is 49.6 Å². The molecule has 1 aliphatic carbocycles. The van der Waals surface area contributed by atoms with Gasteiger partial charge in [-0.1, -0.05) is 66.7 Å². The molecule has 4 aliphatic rings. The fraction of sp³-hybridized carbons (Fsp3) is 0.324. The van der Waals surface area contributed by atoms with Gasteiger partial charge < -0.3 is 20.4 Å². The monoisotopic (exact) mass is 599 g/mol. The van der Waals surface area contributed by atoms with Gasteiger partial charge in [-0.2, -0.15) is 5.26 Å². The van der Waals surface area contributed by atoms with Crippen LogP contribution in [-0.4, -0.2) is 37.1 Å². The number of hydrazine groups is 1. The molecule has 230 valence electrons. The number of benzene rings is 3. The van der Waals surface area contributed by atoms with Crippen LogP contribution in [0.3, 0.4) is 0 Å². The van der Waals surface area contributed by atoms with Gasteiger partial charge in [0.2, 0.25) is 12.1 Å². The maximum absolute atomic E-state index is 8.95. The molecule has 0 amide bonds. The Morgan fingerprint density at radius 3 is 2.36 bits per heavy atom. The van der Waals surface area contributed by atoms with E-state index >= 15 is 0 Å². The summed E-state index contributed by atoms with van der Waals surface area (Å²) in [5, 5.41) is 12.3. The highest BCUT2D eigenvalue weighted by Crippen LogP contribution is 2.46. The van der Waals surface area contributed by atoms with E-state index in [9.17, 15) is 0 Å². The molecule has 8 rings (SSSR count). The third-order valence-corrected chi connectivity index (χ3v) is 9.16. The van der Waals surface area contributed by atoms with Crippen LogP contribution in [0, 0.1) is 11.5 Å². The van der Waals surface area contributed by atoms with Crippen molar-refractivity contribution in [2.24, 2.45) is 10.8 Å². The number of piperidine rings is 1. The number of hydrogen-bond acceptors (Lipinski definition) is 8. The van der Waals surface area contributed by atoms with Crippen LogP contribution in [0.2, 0.25) is 0 Å². The molecule has 0 spiro atoms. The van der Waals surface area contributed by atoms with Crippen LogP contribution in [-0.2, 0) is 19.3 Å². The van der Waals surface area contributed by atoms with Crippen LogP contribution in [0.4, 0.5) is 11.5 Å². The van der Waals surface area contributed by atoms with Gasteiger partial charge >= 0.3 is 0 Å². The Morgan fingerprint density at radius 2 is 1.67 bits per heavy atom. The Morgan fingerprint density at radius 1 is 0.956 bits per heavy atom. The number of nitriles is 1. The third-order valence-electron chi connectivity index (χ3n) is 9.16. The number of aromatic nitrogens is 1. The van der Waals surface area contributed by atoms with Gasteiger partial charge in [-0.15, -0.1) is 4.99 Å². The van der Waals surface area contributed by atoms with Gasteiger partial charge in [-0.05, 0) is 86.0 Å². The van der Waals surface area contributed by atoms with Crippen LogP contribution < -0.4 is 26.2 Å². The molecule has 0 radical (unpaired) electrons. The zero-order chi connectivity index (χ0) is 31.0. The molecule has 0 saturated carbocycles. The molecular formula is C37H41N7O. The first-order chi connectivity index (χ1) is 22.1. The first-order valence-corrected chi connectivity index (χ1v) is 15.9. The maximum Gasteiger partial charge on any atom is 0.210 e. The van der Waals surface area contributed by atoms with Crippen molar-refractivity contribution in [1.82, 2.24) is 10.3 Å². The molecule has 4 aromatic rings. The zero-order valence-electron chi connectivity index (χ0n) is 25.9. The summed E-state index contributed by atoms with van der Waals surface area (Å²) in [7, 11) is 2.04. The van der Waals surface area contributed by atoms with Gasteiger partial charge in [0.1, 0.15) is 11.6 Å². The summed E-state index contributed by atoms with van der Waals surface area (Å²) in [6, 6.07) is 29.2. The molecule has 1 atom stereocenters. The number of nitrogens with one attached hydrogen (secondary N) is 2. The highest BCUT2D eigenvalue weighted by atomic mass is 16.5. The lowest BCUT2D eigenvalue weighted by atomic mass is 9.84. The van der Waals surface area contributed by atoms with Crippen LogP contribution in [0.5, 0.6) is 5.75 Å². The summed E-state index contributed by atoms with van der Waals surface area (Å²) in [5.41, 5.74) is 11.7. The van der Waals surface area contributed by atoms with Crippen molar-refractivity contribution in [3.05, 3.63) is 107 Å². The van der Waals surface area contributed by atoms with Crippen molar-refractivity contribution in [3.8, 4) is 23.1 Å². The Bertz CT molecular complexity index is 1660. The van der Waals surface area contributed by atoms with E-state index in [0.717, 1.165) is 43.7 Å². The number of nitrogen functional groups attached to an aromatic ring is 1. The van der Waals surface area contributed by atoms with E-state index in [-0.39, 0.29) is 0 Å². The van der Waals surface area contributed by atoms with Gasteiger partial charge in [0.15, 0.2) is 0 Å². The normalized spacial score (nSPS) is 17.2. The lowest BCUT2D eigenvalue weighted by Gasteiger charge is -2.42. The molecule has 1 saturated heterocycles. The summed E-state index contributed by atoms with van der Waals surface area (Å²) >= 11 is 0. The van der Waals surface area contributed by atoms with E-state index < -0.39 is 0 Å². The standard InChI is InChI=1S/C21H23N3O.C16H18N4/c1-23-19-11-9-17-8-7-16(13-18(17)10-12-19)14-21(24-15-22)25-20-5-3-2-4-6-20;17-19-14-10-13(11-4-2-1-3-5-11)16-15(18-14)12-6-8-20(16)9-7-12/h2-8,13,19,23H,9-12,14H2,1H3;1-5,10,12H,6-9,17H2,(H,18,19)/t19-;/m0./s1. The molecule has 2 bridgehead atoms. The van der Waals surface area contributed by atoms with Crippen LogP contribution in [0.1, 0.15) is 54.0 Å². The van der Waals surface area contributed by atoms with Crippen molar-refractivity contribution >= 4 is 17.4 Å². The smallest absolute Gasteiger partial charge is 0.210 e. The number of anilines is 2. The minimum atomic E-state index is 0.426. The lowest BCUT2D eigenvalue weighted by molar-refractivity contribution is 0.465. The van der Waals surface area contributed by atoms with E-state index in [1.54, 1.807) is 0 Å². The molecule has 45 heavy (non-hydrogen) atoms. The van der Waals surface area contributed by atoms with Gasteiger partial charge in [0.25, 0.3) is 0 Å². The summed E-state index contributed by atoms with van der Waals surface area (Å²) in [5.74, 6) is 8.07. The lowest BCUT2D eigenvalue weighted by Crippen LogP contribution is -2.39. The highest BCUT2D eigenvalue weighted by molar-refractivity contribution is 5.84. The Labute approximate surface area is 265 Å². The number of aliphatic imine (C=N–C) groups is 1. The summed E-state index contributed by atoms with van der Waals surface area (Å²) in [4.78, 5) is 11.1. The Hall–Kier alpha value is -4.71. The summed E-state index contributed by atoms with van der Waals surface area (Å²) in [6.07, 6.45) is 9.32. The SMILES string of the molecule is CN[C@H]1CCc2ccc(CC(=NC#N)Oc3ccccc3)cc2CC1.NNc1cc(-c2ccccc2)c2c(n1)C1CCN2CC1. The predicted molar refractivity (Wildman–Crippen MR) is 181 cm³/mol. The molecule has 1 aromatic heterocycles. The molecule has 0 unspecified atom stereocenters. The fourth-order valence-corrected chi connectivity index (χ4v) is 6.77. The quantitative estimate of drug-likeness (QED) is 0.0588. The average Bonchev–Trinajstić information content (AvgIpc) is 3.31. The highest BCUT2D eigenvalue weighted by Gasteiger charge is 2.34. The second-order valence-electron chi connectivity index (χ2n) is 11.9. The van der Waals surface area contributed by atoms with Crippen LogP contribution >= 0.6 is 0 Å². The first-order valence-electron chi connectivity index (χ1n) is 15.9.